The standard InChI is InChI=1S/C28H29ClN2O6S/c1-20-25(29)11-6-12-26(20)38(34,35)30-27(32)24-10-5-9-22(16-24)15-23-17-31(13-14-36-18-23)28(33)37-19-21-7-3-2-4-8-21/h2-12,16,23H,13-15,17-19H2,1H3,(H,30,32)/t23-/m1/s1. The molecule has 2 amide bonds. The Hall–Kier alpha value is -3.40. The van der Waals surface area contributed by atoms with Gasteiger partial charge in [-0.1, -0.05) is 60.1 Å². The summed E-state index contributed by atoms with van der Waals surface area (Å²) >= 11 is 6.05. The third-order valence-corrected chi connectivity index (χ3v) is 8.13. The Kier molecular flexibility index (Phi) is 9.04. The molecule has 0 aliphatic carbocycles. The van der Waals surface area contributed by atoms with Crippen LogP contribution in [-0.2, 0) is 32.5 Å². The molecule has 1 atom stereocenters. The molecule has 0 saturated carbocycles. The smallest absolute Gasteiger partial charge is 0.410 e. The van der Waals surface area contributed by atoms with E-state index in [9.17, 15) is 18.0 Å². The Balaban J connectivity index is 1.39. The number of amides is 2. The highest BCUT2D eigenvalue weighted by Crippen LogP contribution is 2.23. The van der Waals surface area contributed by atoms with Crippen LogP contribution in [0.3, 0.4) is 0 Å². The van der Waals surface area contributed by atoms with Crippen molar-refractivity contribution in [1.82, 2.24) is 9.62 Å². The van der Waals surface area contributed by atoms with Gasteiger partial charge in [-0.05, 0) is 54.3 Å². The number of nitrogens with zero attached hydrogens (tertiary/aromatic N) is 1. The van der Waals surface area contributed by atoms with Crippen molar-refractivity contribution in [2.75, 3.05) is 26.3 Å². The molecule has 3 aromatic carbocycles. The molecule has 0 spiro atoms. The lowest BCUT2D eigenvalue weighted by molar-refractivity contribution is 0.0914. The van der Waals surface area contributed by atoms with Crippen LogP contribution in [-0.4, -0.2) is 51.6 Å². The first kappa shape index (κ1) is 27.6. The average molecular weight is 557 g/mol. The Labute approximate surface area is 227 Å². The fourth-order valence-corrected chi connectivity index (χ4v) is 5.74. The maximum atomic E-state index is 12.8. The zero-order chi connectivity index (χ0) is 27.1. The Bertz CT molecular complexity index is 1400. The second-order valence-electron chi connectivity index (χ2n) is 9.13. The molecule has 200 valence electrons. The normalized spacial score (nSPS) is 15.9. The number of carbonyl (C=O) groups is 2. The molecule has 1 fully saturated rings. The number of rotatable bonds is 7. The van der Waals surface area contributed by atoms with Crippen LogP contribution in [0.2, 0.25) is 5.02 Å². The van der Waals surface area contributed by atoms with Crippen LogP contribution in [0.1, 0.15) is 27.0 Å². The quantitative estimate of drug-likeness (QED) is 0.456. The van der Waals surface area contributed by atoms with Crippen molar-refractivity contribution in [2.45, 2.75) is 24.8 Å². The molecule has 0 aromatic heterocycles. The molecule has 10 heteroatoms. The van der Waals surface area contributed by atoms with E-state index in [0.717, 1.165) is 11.1 Å². The minimum atomic E-state index is -4.11. The second-order valence-corrected chi connectivity index (χ2v) is 11.2. The van der Waals surface area contributed by atoms with Crippen LogP contribution in [0.15, 0.2) is 77.7 Å². The largest absolute Gasteiger partial charge is 0.445 e. The van der Waals surface area contributed by atoms with E-state index in [4.69, 9.17) is 21.1 Å². The van der Waals surface area contributed by atoms with Gasteiger partial charge in [-0.3, -0.25) is 4.79 Å². The first-order valence-corrected chi connectivity index (χ1v) is 14.0. The summed E-state index contributed by atoms with van der Waals surface area (Å²) in [6, 6.07) is 20.7. The maximum Gasteiger partial charge on any atom is 0.410 e. The predicted molar refractivity (Wildman–Crippen MR) is 143 cm³/mol. The topological polar surface area (TPSA) is 102 Å². The predicted octanol–water partition coefficient (Wildman–Crippen LogP) is 4.59. The molecule has 1 N–H and O–H groups in total. The van der Waals surface area contributed by atoms with E-state index in [1.165, 1.54) is 12.1 Å². The van der Waals surface area contributed by atoms with Gasteiger partial charge in [-0.15, -0.1) is 0 Å². The van der Waals surface area contributed by atoms with E-state index in [1.807, 2.05) is 36.4 Å². The van der Waals surface area contributed by atoms with Gasteiger partial charge in [0.2, 0.25) is 0 Å². The molecular weight excluding hydrogens is 528 g/mol. The van der Waals surface area contributed by atoms with E-state index in [1.54, 1.807) is 36.1 Å². The summed E-state index contributed by atoms with van der Waals surface area (Å²) in [5.41, 5.74) is 2.30. The van der Waals surface area contributed by atoms with Crippen molar-refractivity contribution in [2.24, 2.45) is 5.92 Å². The minimum absolute atomic E-state index is 0.0297. The van der Waals surface area contributed by atoms with E-state index >= 15 is 0 Å². The lowest BCUT2D eigenvalue weighted by atomic mass is 9.98. The number of halogens is 1. The molecule has 8 nitrogen and oxygen atoms in total. The van der Waals surface area contributed by atoms with Gasteiger partial charge in [0.15, 0.2) is 0 Å². The first-order chi connectivity index (χ1) is 18.2. The first-order valence-electron chi connectivity index (χ1n) is 12.2. The molecule has 4 rings (SSSR count). The van der Waals surface area contributed by atoms with E-state index in [2.05, 4.69) is 4.72 Å². The molecule has 3 aromatic rings. The average Bonchev–Trinajstić information content (AvgIpc) is 3.15. The molecule has 0 radical (unpaired) electrons. The fourth-order valence-electron chi connectivity index (χ4n) is 4.27. The third-order valence-electron chi connectivity index (χ3n) is 6.25. The fraction of sp³-hybridized carbons (Fsp3) is 0.286. The second kappa shape index (κ2) is 12.4. The molecule has 0 bridgehead atoms. The van der Waals surface area contributed by atoms with Crippen molar-refractivity contribution in [3.63, 3.8) is 0 Å². The summed E-state index contributed by atoms with van der Waals surface area (Å²) < 4.78 is 39.0. The van der Waals surface area contributed by atoms with Gasteiger partial charge >= 0.3 is 6.09 Å². The van der Waals surface area contributed by atoms with Gasteiger partial charge in [-0.2, -0.15) is 0 Å². The van der Waals surface area contributed by atoms with Gasteiger partial charge in [0.05, 0.1) is 18.1 Å². The van der Waals surface area contributed by atoms with Gasteiger partial charge in [0.25, 0.3) is 15.9 Å². The van der Waals surface area contributed by atoms with Gasteiger partial charge in [0, 0.05) is 29.6 Å². The minimum Gasteiger partial charge on any atom is -0.445 e. The van der Waals surface area contributed by atoms with E-state index in [-0.39, 0.29) is 23.0 Å². The zero-order valence-corrected chi connectivity index (χ0v) is 22.5. The number of sulfonamides is 1. The highest BCUT2D eigenvalue weighted by Gasteiger charge is 2.25. The number of hydrogen-bond donors (Lipinski definition) is 1. The van der Waals surface area contributed by atoms with Crippen LogP contribution in [0.25, 0.3) is 0 Å². The number of nitrogens with one attached hydrogen (secondary N) is 1. The lowest BCUT2D eigenvalue weighted by Gasteiger charge is -2.23. The van der Waals surface area contributed by atoms with Crippen LogP contribution in [0.4, 0.5) is 4.79 Å². The van der Waals surface area contributed by atoms with Gasteiger partial charge in [-0.25, -0.2) is 17.9 Å². The monoisotopic (exact) mass is 556 g/mol. The highest BCUT2D eigenvalue weighted by atomic mass is 35.5. The molecule has 1 saturated heterocycles. The number of hydrogen-bond acceptors (Lipinski definition) is 6. The zero-order valence-electron chi connectivity index (χ0n) is 20.9. The number of benzene rings is 3. The van der Waals surface area contributed by atoms with E-state index in [0.29, 0.717) is 43.3 Å². The van der Waals surface area contributed by atoms with Gasteiger partial charge < -0.3 is 14.4 Å². The molecule has 0 unspecified atom stereocenters. The molecule has 1 aliphatic rings. The van der Waals surface area contributed by atoms with Crippen molar-refractivity contribution in [1.29, 1.82) is 0 Å². The summed E-state index contributed by atoms with van der Waals surface area (Å²) in [5.74, 6) is -0.771. The summed E-state index contributed by atoms with van der Waals surface area (Å²) in [5, 5.41) is 0.297. The lowest BCUT2D eigenvalue weighted by Crippen LogP contribution is -2.36. The van der Waals surface area contributed by atoms with Crippen molar-refractivity contribution < 1.29 is 27.5 Å². The van der Waals surface area contributed by atoms with Crippen molar-refractivity contribution in [3.05, 3.63) is 100 Å². The van der Waals surface area contributed by atoms with E-state index < -0.39 is 22.0 Å². The van der Waals surface area contributed by atoms with Gasteiger partial charge in [0.1, 0.15) is 6.61 Å². The molecular formula is C28H29ClN2O6S. The highest BCUT2D eigenvalue weighted by molar-refractivity contribution is 7.90. The molecule has 1 heterocycles. The summed E-state index contributed by atoms with van der Waals surface area (Å²) in [4.78, 5) is 27.1. The van der Waals surface area contributed by atoms with Crippen LogP contribution in [0.5, 0.6) is 0 Å². The Morgan fingerprint density at radius 1 is 1.05 bits per heavy atom. The van der Waals surface area contributed by atoms with Crippen molar-refractivity contribution in [3.8, 4) is 0 Å². The summed E-state index contributed by atoms with van der Waals surface area (Å²) in [6.45, 7) is 3.48. The SMILES string of the molecule is Cc1c(Cl)cccc1S(=O)(=O)NC(=O)c1cccc(C[C@H]2COCCN(C(=O)OCc3ccccc3)C2)c1. The van der Waals surface area contributed by atoms with Crippen LogP contribution < -0.4 is 4.72 Å². The number of ether oxygens (including phenoxy) is 2. The van der Waals surface area contributed by atoms with Crippen LogP contribution in [0, 0.1) is 12.8 Å². The maximum absolute atomic E-state index is 12.8. The van der Waals surface area contributed by atoms with Crippen molar-refractivity contribution >= 4 is 33.6 Å². The molecule has 38 heavy (non-hydrogen) atoms. The summed E-state index contributed by atoms with van der Waals surface area (Å²) in [7, 11) is -4.11. The molecule has 1 aliphatic heterocycles. The summed E-state index contributed by atoms with van der Waals surface area (Å²) in [6.07, 6.45) is 0.128. The number of carbonyl (C=O) groups excluding carboxylic acids is 2. The Morgan fingerprint density at radius 2 is 1.79 bits per heavy atom. The van der Waals surface area contributed by atoms with Crippen LogP contribution >= 0.6 is 11.6 Å². The third kappa shape index (κ3) is 7.12. The Morgan fingerprint density at radius 3 is 2.58 bits per heavy atom.